The van der Waals surface area contributed by atoms with Gasteiger partial charge in [0, 0.05) is 16.3 Å². The number of furan rings is 1. The van der Waals surface area contributed by atoms with E-state index in [2.05, 4.69) is 54.6 Å². The summed E-state index contributed by atoms with van der Waals surface area (Å²) >= 11 is 0. The number of para-hydroxylation sites is 2. The highest BCUT2D eigenvalue weighted by molar-refractivity contribution is 6.09. The fourth-order valence-electron chi connectivity index (χ4n) is 4.57. The number of hydrogen-bond acceptors (Lipinski definition) is 3. The molecule has 0 spiro atoms. The highest BCUT2D eigenvalue weighted by Gasteiger charge is 2.14. The summed E-state index contributed by atoms with van der Waals surface area (Å²) in [5.74, 6) is 0. The van der Waals surface area contributed by atoms with Crippen LogP contribution in [-0.4, -0.2) is 0 Å². The molecule has 162 valence electrons. The SMILES string of the molecule is N#Cc1ccc(-c2cc(-c3ccc(C#N)cc3)cc(-c3cccc4c3oc3ccccc34)c2)cc1. The van der Waals surface area contributed by atoms with E-state index < -0.39 is 0 Å². The molecule has 0 bridgehead atoms. The van der Waals surface area contributed by atoms with Crippen LogP contribution in [-0.2, 0) is 0 Å². The average molecular weight is 447 g/mol. The third-order valence-electron chi connectivity index (χ3n) is 6.34. The van der Waals surface area contributed by atoms with E-state index in [1.807, 2.05) is 66.7 Å². The third-order valence-corrected chi connectivity index (χ3v) is 6.34. The molecule has 3 nitrogen and oxygen atoms in total. The molecule has 5 aromatic carbocycles. The first-order valence-electron chi connectivity index (χ1n) is 11.3. The topological polar surface area (TPSA) is 60.7 Å². The van der Waals surface area contributed by atoms with Gasteiger partial charge >= 0.3 is 0 Å². The first-order valence-corrected chi connectivity index (χ1v) is 11.3. The van der Waals surface area contributed by atoms with Gasteiger partial charge in [-0.05, 0) is 76.3 Å². The van der Waals surface area contributed by atoms with E-state index in [0.717, 1.165) is 55.3 Å². The summed E-state index contributed by atoms with van der Waals surface area (Å²) in [4.78, 5) is 0. The lowest BCUT2D eigenvalue weighted by Gasteiger charge is -2.12. The van der Waals surface area contributed by atoms with Gasteiger partial charge < -0.3 is 4.42 Å². The summed E-state index contributed by atoms with van der Waals surface area (Å²) in [5.41, 5.74) is 9.17. The Hall–Kier alpha value is -5.12. The molecular formula is C32H18N2O. The van der Waals surface area contributed by atoms with Crippen LogP contribution < -0.4 is 0 Å². The summed E-state index contributed by atoms with van der Waals surface area (Å²) in [7, 11) is 0. The molecule has 0 fully saturated rings. The molecule has 35 heavy (non-hydrogen) atoms. The molecule has 0 saturated carbocycles. The molecule has 0 unspecified atom stereocenters. The maximum Gasteiger partial charge on any atom is 0.143 e. The van der Waals surface area contributed by atoms with Crippen LogP contribution in [0.15, 0.2) is 114 Å². The second kappa shape index (κ2) is 8.34. The van der Waals surface area contributed by atoms with Crippen LogP contribution in [0.2, 0.25) is 0 Å². The molecule has 0 radical (unpaired) electrons. The van der Waals surface area contributed by atoms with Crippen molar-refractivity contribution in [2.24, 2.45) is 0 Å². The smallest absolute Gasteiger partial charge is 0.143 e. The van der Waals surface area contributed by atoms with E-state index in [1.165, 1.54) is 0 Å². The maximum atomic E-state index is 9.20. The summed E-state index contributed by atoms with van der Waals surface area (Å²) in [6.45, 7) is 0. The van der Waals surface area contributed by atoms with Crippen molar-refractivity contribution >= 4 is 21.9 Å². The lowest BCUT2D eigenvalue weighted by atomic mass is 9.92. The summed E-state index contributed by atoms with van der Waals surface area (Å²) in [6.07, 6.45) is 0. The summed E-state index contributed by atoms with van der Waals surface area (Å²) in [5, 5.41) is 20.6. The van der Waals surface area contributed by atoms with Gasteiger partial charge in [0.2, 0.25) is 0 Å². The minimum Gasteiger partial charge on any atom is -0.455 e. The minimum atomic E-state index is 0.629. The molecule has 0 N–H and O–H groups in total. The fourth-order valence-corrected chi connectivity index (χ4v) is 4.57. The number of rotatable bonds is 3. The van der Waals surface area contributed by atoms with Gasteiger partial charge in [-0.3, -0.25) is 0 Å². The molecule has 3 heteroatoms. The van der Waals surface area contributed by atoms with Gasteiger partial charge in [0.15, 0.2) is 0 Å². The number of hydrogen-bond donors (Lipinski definition) is 0. The third kappa shape index (κ3) is 3.62. The van der Waals surface area contributed by atoms with Gasteiger partial charge in [-0.25, -0.2) is 0 Å². The van der Waals surface area contributed by atoms with E-state index in [-0.39, 0.29) is 0 Å². The monoisotopic (exact) mass is 446 g/mol. The number of benzene rings is 5. The first kappa shape index (κ1) is 20.5. The van der Waals surface area contributed by atoms with Gasteiger partial charge in [-0.15, -0.1) is 0 Å². The van der Waals surface area contributed by atoms with Crippen molar-refractivity contribution in [3.63, 3.8) is 0 Å². The zero-order chi connectivity index (χ0) is 23.8. The second-order valence-corrected chi connectivity index (χ2v) is 8.46. The van der Waals surface area contributed by atoms with Gasteiger partial charge in [0.05, 0.1) is 23.3 Å². The molecule has 6 rings (SSSR count). The number of fused-ring (bicyclic) bond motifs is 3. The lowest BCUT2D eigenvalue weighted by Crippen LogP contribution is -1.87. The molecule has 0 aliphatic carbocycles. The van der Waals surface area contributed by atoms with Crippen molar-refractivity contribution in [2.45, 2.75) is 0 Å². The van der Waals surface area contributed by atoms with Crippen molar-refractivity contribution in [3.05, 3.63) is 120 Å². The molecule has 1 aromatic heterocycles. The van der Waals surface area contributed by atoms with E-state index in [1.54, 1.807) is 0 Å². The highest BCUT2D eigenvalue weighted by atomic mass is 16.3. The van der Waals surface area contributed by atoms with E-state index in [4.69, 9.17) is 4.42 Å². The zero-order valence-corrected chi connectivity index (χ0v) is 18.7. The normalized spacial score (nSPS) is 10.8. The van der Waals surface area contributed by atoms with Crippen molar-refractivity contribution < 1.29 is 4.42 Å². The molecule has 0 saturated heterocycles. The molecule has 1 heterocycles. The Balaban J connectivity index is 1.59. The van der Waals surface area contributed by atoms with E-state index in [0.29, 0.717) is 11.1 Å². The molecular weight excluding hydrogens is 428 g/mol. The second-order valence-electron chi connectivity index (χ2n) is 8.46. The van der Waals surface area contributed by atoms with Crippen molar-refractivity contribution in [1.82, 2.24) is 0 Å². The van der Waals surface area contributed by atoms with Crippen LogP contribution >= 0.6 is 0 Å². The maximum absolute atomic E-state index is 9.20. The molecule has 6 aromatic rings. The van der Waals surface area contributed by atoms with Crippen molar-refractivity contribution in [2.75, 3.05) is 0 Å². The zero-order valence-electron chi connectivity index (χ0n) is 18.7. The quantitative estimate of drug-likeness (QED) is 0.274. The largest absolute Gasteiger partial charge is 0.455 e. The van der Waals surface area contributed by atoms with E-state index >= 15 is 0 Å². The Morgan fingerprint density at radius 3 is 1.63 bits per heavy atom. The standard InChI is InChI=1S/C32H18N2O/c33-19-21-8-12-23(13-9-21)25-16-26(24-14-10-22(20-34)11-15-24)18-27(17-25)28-5-3-6-30-29-4-1-2-7-31(29)35-32(28)30/h1-18H. The number of nitrogens with zero attached hydrogens (tertiary/aromatic N) is 2. The minimum absolute atomic E-state index is 0.629. The van der Waals surface area contributed by atoms with Gasteiger partial charge in [-0.2, -0.15) is 10.5 Å². The lowest BCUT2D eigenvalue weighted by molar-refractivity contribution is 0.670. The van der Waals surface area contributed by atoms with Gasteiger partial charge in [0.1, 0.15) is 11.2 Å². The molecule has 0 atom stereocenters. The van der Waals surface area contributed by atoms with Crippen LogP contribution in [0.5, 0.6) is 0 Å². The Morgan fingerprint density at radius 2 is 1.03 bits per heavy atom. The Bertz CT molecular complexity index is 1720. The fraction of sp³-hybridized carbons (Fsp3) is 0. The average Bonchev–Trinajstić information content (AvgIpc) is 3.32. The van der Waals surface area contributed by atoms with Crippen LogP contribution in [0.25, 0.3) is 55.3 Å². The van der Waals surface area contributed by atoms with Crippen molar-refractivity contribution in [1.29, 1.82) is 10.5 Å². The Kier molecular flexibility index (Phi) is 4.88. The van der Waals surface area contributed by atoms with Crippen LogP contribution in [0.4, 0.5) is 0 Å². The summed E-state index contributed by atoms with van der Waals surface area (Å²) in [6, 6.07) is 40.4. The molecule has 0 aliphatic rings. The first-order chi connectivity index (χ1) is 17.2. The van der Waals surface area contributed by atoms with Crippen LogP contribution in [0, 0.1) is 22.7 Å². The Morgan fingerprint density at radius 1 is 0.486 bits per heavy atom. The Labute approximate surface area is 202 Å². The predicted molar refractivity (Wildman–Crippen MR) is 139 cm³/mol. The highest BCUT2D eigenvalue weighted by Crippen LogP contribution is 2.39. The summed E-state index contributed by atoms with van der Waals surface area (Å²) < 4.78 is 6.32. The predicted octanol–water partition coefficient (Wildman–Crippen LogP) is 8.33. The van der Waals surface area contributed by atoms with Crippen LogP contribution in [0.3, 0.4) is 0 Å². The molecule has 0 amide bonds. The van der Waals surface area contributed by atoms with Crippen molar-refractivity contribution in [3.8, 4) is 45.5 Å². The van der Waals surface area contributed by atoms with Crippen LogP contribution in [0.1, 0.15) is 11.1 Å². The van der Waals surface area contributed by atoms with Gasteiger partial charge in [-0.1, -0.05) is 60.7 Å². The molecule has 0 aliphatic heterocycles. The van der Waals surface area contributed by atoms with E-state index in [9.17, 15) is 10.5 Å². The number of nitriles is 2. The van der Waals surface area contributed by atoms with Gasteiger partial charge in [0.25, 0.3) is 0 Å².